The Morgan fingerprint density at radius 3 is 2.63 bits per heavy atom. The molecule has 30 heavy (non-hydrogen) atoms. The van der Waals surface area contributed by atoms with Crippen LogP contribution >= 0.6 is 11.6 Å². The van der Waals surface area contributed by atoms with Gasteiger partial charge in [0.05, 0.1) is 22.9 Å². The van der Waals surface area contributed by atoms with Crippen LogP contribution in [0.15, 0.2) is 90.2 Å². The van der Waals surface area contributed by atoms with Crippen LogP contribution in [0.5, 0.6) is 0 Å². The molecule has 0 amide bonds. The van der Waals surface area contributed by atoms with Gasteiger partial charge in [0.15, 0.2) is 0 Å². The lowest BCUT2D eigenvalue weighted by Crippen LogP contribution is -2.00. The average Bonchev–Trinajstić information content (AvgIpc) is 2.79. The maximum Gasteiger partial charge on any atom is 0.244 e. The van der Waals surface area contributed by atoms with Crippen LogP contribution < -0.4 is 5.43 Å². The molecule has 6 heteroatoms. The monoisotopic (exact) mass is 409 g/mol. The van der Waals surface area contributed by atoms with Gasteiger partial charge in [-0.25, -0.2) is 15.4 Å². The minimum absolute atomic E-state index is 0.416. The number of fused-ring (bicyclic) bond motifs is 2. The third-order valence-corrected chi connectivity index (χ3v) is 4.95. The molecule has 5 rings (SSSR count). The summed E-state index contributed by atoms with van der Waals surface area (Å²) in [6.07, 6.45) is 3.51. The van der Waals surface area contributed by atoms with Crippen LogP contribution in [0.3, 0.4) is 0 Å². The molecular formula is C24H16ClN5. The van der Waals surface area contributed by atoms with Crippen molar-refractivity contribution in [3.05, 3.63) is 95.6 Å². The molecule has 0 fully saturated rings. The Morgan fingerprint density at radius 2 is 1.73 bits per heavy atom. The van der Waals surface area contributed by atoms with E-state index in [1.54, 1.807) is 12.4 Å². The number of aromatic nitrogens is 3. The van der Waals surface area contributed by atoms with Gasteiger partial charge < -0.3 is 0 Å². The summed E-state index contributed by atoms with van der Waals surface area (Å²) in [6.45, 7) is 0. The van der Waals surface area contributed by atoms with Crippen LogP contribution in [0.4, 0.5) is 5.95 Å². The summed E-state index contributed by atoms with van der Waals surface area (Å²) in [5.41, 5.74) is 7.39. The van der Waals surface area contributed by atoms with E-state index in [4.69, 9.17) is 11.6 Å². The number of halogens is 1. The first kappa shape index (κ1) is 18.2. The molecule has 5 nitrogen and oxygen atoms in total. The summed E-state index contributed by atoms with van der Waals surface area (Å²) >= 11 is 6.21. The first-order chi connectivity index (χ1) is 14.8. The topological polar surface area (TPSA) is 63.1 Å². The Bertz CT molecular complexity index is 1380. The summed E-state index contributed by atoms with van der Waals surface area (Å²) in [6, 6.07) is 25.5. The Balaban J connectivity index is 1.49. The quantitative estimate of drug-likeness (QED) is 0.294. The molecule has 0 bridgehead atoms. The van der Waals surface area contributed by atoms with Gasteiger partial charge in [-0.2, -0.15) is 5.10 Å². The maximum atomic E-state index is 6.21. The number of hydrogen-bond donors (Lipinski definition) is 1. The van der Waals surface area contributed by atoms with E-state index in [0.29, 0.717) is 11.0 Å². The van der Waals surface area contributed by atoms with E-state index >= 15 is 0 Å². The van der Waals surface area contributed by atoms with Gasteiger partial charge in [-0.3, -0.25) is 4.98 Å². The number of anilines is 1. The zero-order valence-corrected chi connectivity index (χ0v) is 16.6. The molecule has 0 unspecified atom stereocenters. The molecule has 0 saturated carbocycles. The predicted molar refractivity (Wildman–Crippen MR) is 123 cm³/mol. The Morgan fingerprint density at radius 1 is 0.833 bits per heavy atom. The van der Waals surface area contributed by atoms with Crippen molar-refractivity contribution in [1.82, 2.24) is 15.0 Å². The number of rotatable bonds is 4. The summed E-state index contributed by atoms with van der Waals surface area (Å²) in [7, 11) is 0. The second-order valence-electron chi connectivity index (χ2n) is 6.75. The van der Waals surface area contributed by atoms with Crippen LogP contribution in [0.1, 0.15) is 5.56 Å². The molecule has 2 heterocycles. The van der Waals surface area contributed by atoms with Gasteiger partial charge in [0.25, 0.3) is 0 Å². The van der Waals surface area contributed by atoms with E-state index < -0.39 is 0 Å². The second kappa shape index (κ2) is 7.89. The largest absolute Gasteiger partial charge is 0.256 e. The zero-order valence-electron chi connectivity index (χ0n) is 15.8. The zero-order chi connectivity index (χ0) is 20.3. The minimum Gasteiger partial charge on any atom is -0.256 e. The standard InChI is InChI=1S/C24H16ClN5/c25-19-10-11-21-20(14-19)23(18-5-2-1-3-6-18)29-24(28-21)30-27-15-16-8-9-17-7-4-12-26-22(17)13-16/h1-15H,(H,28,29,30)/b27-15-. The van der Waals surface area contributed by atoms with E-state index in [1.165, 1.54) is 0 Å². The molecular weight excluding hydrogens is 394 g/mol. The molecule has 0 saturated heterocycles. The molecule has 0 radical (unpaired) electrons. The highest BCUT2D eigenvalue weighted by Gasteiger charge is 2.10. The molecule has 0 aliphatic rings. The Kier molecular flexibility index (Phi) is 4.79. The lowest BCUT2D eigenvalue weighted by molar-refractivity contribution is 1.16. The number of benzene rings is 3. The fourth-order valence-electron chi connectivity index (χ4n) is 3.30. The molecule has 144 valence electrons. The van der Waals surface area contributed by atoms with Gasteiger partial charge in [-0.15, -0.1) is 0 Å². The summed E-state index contributed by atoms with van der Waals surface area (Å²) < 4.78 is 0. The van der Waals surface area contributed by atoms with Crippen LogP contribution in [-0.2, 0) is 0 Å². The summed E-state index contributed by atoms with van der Waals surface area (Å²) in [5, 5.41) is 6.95. The van der Waals surface area contributed by atoms with Gasteiger partial charge in [-0.1, -0.05) is 60.1 Å². The van der Waals surface area contributed by atoms with Gasteiger partial charge in [0, 0.05) is 27.6 Å². The first-order valence-electron chi connectivity index (χ1n) is 9.43. The fraction of sp³-hybridized carbons (Fsp3) is 0. The lowest BCUT2D eigenvalue weighted by Gasteiger charge is -2.09. The summed E-state index contributed by atoms with van der Waals surface area (Å²) in [5.74, 6) is 0.416. The van der Waals surface area contributed by atoms with Crippen molar-refractivity contribution in [3.8, 4) is 11.3 Å². The van der Waals surface area contributed by atoms with Gasteiger partial charge >= 0.3 is 0 Å². The summed E-state index contributed by atoms with van der Waals surface area (Å²) in [4.78, 5) is 13.6. The first-order valence-corrected chi connectivity index (χ1v) is 9.81. The number of pyridine rings is 1. The van der Waals surface area contributed by atoms with Crippen LogP contribution in [0.25, 0.3) is 33.1 Å². The number of nitrogens with one attached hydrogen (secondary N) is 1. The normalized spacial score (nSPS) is 11.4. The number of nitrogens with zero attached hydrogens (tertiary/aromatic N) is 4. The third kappa shape index (κ3) is 3.71. The highest BCUT2D eigenvalue weighted by molar-refractivity contribution is 6.31. The molecule has 0 atom stereocenters. The van der Waals surface area contributed by atoms with Crippen molar-refractivity contribution < 1.29 is 0 Å². The minimum atomic E-state index is 0.416. The highest BCUT2D eigenvalue weighted by atomic mass is 35.5. The Labute approximate surface area is 178 Å². The van der Waals surface area contributed by atoms with Gasteiger partial charge in [0.1, 0.15) is 0 Å². The molecule has 0 aliphatic carbocycles. The van der Waals surface area contributed by atoms with E-state index in [9.17, 15) is 0 Å². The van der Waals surface area contributed by atoms with Crippen molar-refractivity contribution in [2.45, 2.75) is 0 Å². The highest BCUT2D eigenvalue weighted by Crippen LogP contribution is 2.29. The molecule has 0 spiro atoms. The molecule has 2 aromatic heterocycles. The van der Waals surface area contributed by atoms with Crippen molar-refractivity contribution in [2.24, 2.45) is 5.10 Å². The van der Waals surface area contributed by atoms with Gasteiger partial charge in [0.2, 0.25) is 5.95 Å². The van der Waals surface area contributed by atoms with E-state index in [-0.39, 0.29) is 0 Å². The molecule has 0 aliphatic heterocycles. The van der Waals surface area contributed by atoms with Crippen molar-refractivity contribution in [2.75, 3.05) is 5.43 Å². The lowest BCUT2D eigenvalue weighted by atomic mass is 10.1. The SMILES string of the molecule is Clc1ccc2nc(N/N=C\c3ccc4cccnc4c3)nc(-c3ccccc3)c2c1. The third-order valence-electron chi connectivity index (χ3n) is 4.71. The Hall–Kier alpha value is -3.83. The predicted octanol–water partition coefficient (Wildman–Crippen LogP) is 5.94. The number of hydrogen-bond acceptors (Lipinski definition) is 5. The molecule has 3 aromatic carbocycles. The fourth-order valence-corrected chi connectivity index (χ4v) is 3.47. The molecule has 5 aromatic rings. The van der Waals surface area contributed by atoms with Crippen molar-refractivity contribution in [3.63, 3.8) is 0 Å². The van der Waals surface area contributed by atoms with E-state index in [1.807, 2.05) is 78.9 Å². The van der Waals surface area contributed by atoms with Crippen molar-refractivity contribution >= 4 is 45.6 Å². The maximum absolute atomic E-state index is 6.21. The second-order valence-corrected chi connectivity index (χ2v) is 7.19. The number of hydrazone groups is 1. The van der Waals surface area contributed by atoms with E-state index in [2.05, 4.69) is 25.5 Å². The smallest absolute Gasteiger partial charge is 0.244 e. The van der Waals surface area contributed by atoms with Crippen LogP contribution in [-0.4, -0.2) is 21.2 Å². The van der Waals surface area contributed by atoms with Crippen molar-refractivity contribution in [1.29, 1.82) is 0 Å². The van der Waals surface area contributed by atoms with Crippen LogP contribution in [0, 0.1) is 0 Å². The molecule has 1 N–H and O–H groups in total. The van der Waals surface area contributed by atoms with Crippen LogP contribution in [0.2, 0.25) is 5.02 Å². The average molecular weight is 410 g/mol. The van der Waals surface area contributed by atoms with E-state index in [0.717, 1.165) is 38.6 Å². The van der Waals surface area contributed by atoms with Gasteiger partial charge in [-0.05, 0) is 35.9 Å².